The summed E-state index contributed by atoms with van der Waals surface area (Å²) in [6, 6.07) is 6.18. The van der Waals surface area contributed by atoms with E-state index in [2.05, 4.69) is 57.4 Å². The van der Waals surface area contributed by atoms with Crippen LogP contribution in [0.3, 0.4) is 0 Å². The molecule has 0 amide bonds. The van der Waals surface area contributed by atoms with Crippen molar-refractivity contribution >= 4 is 15.9 Å². The summed E-state index contributed by atoms with van der Waals surface area (Å²) in [7, 11) is 0. The molecule has 1 atom stereocenters. The highest BCUT2D eigenvalue weighted by atomic mass is 79.9. The molecule has 108 valence electrons. The average Bonchev–Trinajstić information content (AvgIpc) is 2.87. The Morgan fingerprint density at radius 2 is 2.25 bits per heavy atom. The minimum atomic E-state index is 0.00378. The normalized spacial score (nSPS) is 12.6. The Morgan fingerprint density at radius 1 is 1.45 bits per heavy atom. The molecule has 1 heterocycles. The fourth-order valence-electron chi connectivity index (χ4n) is 2.23. The second-order valence-electron chi connectivity index (χ2n) is 4.80. The van der Waals surface area contributed by atoms with Crippen molar-refractivity contribution in [1.29, 1.82) is 0 Å². The van der Waals surface area contributed by atoms with Crippen LogP contribution >= 0.6 is 15.9 Å². The summed E-state index contributed by atoms with van der Waals surface area (Å²) in [5.74, 6) is 6.68. The SMILES string of the molecule is CCCn1ncnc1CC(NN)c1cccc(C)c1Br. The van der Waals surface area contributed by atoms with E-state index in [1.807, 2.05) is 10.7 Å². The van der Waals surface area contributed by atoms with Crippen molar-refractivity contribution < 1.29 is 0 Å². The predicted octanol–water partition coefficient (Wildman–Crippen LogP) is 2.51. The number of halogens is 1. The van der Waals surface area contributed by atoms with E-state index >= 15 is 0 Å². The third-order valence-electron chi connectivity index (χ3n) is 3.32. The summed E-state index contributed by atoms with van der Waals surface area (Å²) >= 11 is 3.64. The van der Waals surface area contributed by atoms with Gasteiger partial charge < -0.3 is 0 Å². The zero-order valence-corrected chi connectivity index (χ0v) is 13.4. The summed E-state index contributed by atoms with van der Waals surface area (Å²) in [6.07, 6.45) is 3.34. The van der Waals surface area contributed by atoms with E-state index in [1.165, 1.54) is 5.56 Å². The largest absolute Gasteiger partial charge is 0.271 e. The molecule has 2 rings (SSSR count). The molecule has 0 spiro atoms. The molecule has 0 fully saturated rings. The van der Waals surface area contributed by atoms with Crippen LogP contribution in [0.5, 0.6) is 0 Å². The van der Waals surface area contributed by atoms with E-state index in [0.29, 0.717) is 6.42 Å². The van der Waals surface area contributed by atoms with Gasteiger partial charge in [0.2, 0.25) is 0 Å². The molecule has 2 aromatic rings. The van der Waals surface area contributed by atoms with Crippen molar-refractivity contribution in [2.45, 2.75) is 39.3 Å². The van der Waals surface area contributed by atoms with Gasteiger partial charge in [0.15, 0.2) is 0 Å². The maximum atomic E-state index is 5.74. The van der Waals surface area contributed by atoms with Crippen LogP contribution in [0.25, 0.3) is 0 Å². The second-order valence-corrected chi connectivity index (χ2v) is 5.59. The van der Waals surface area contributed by atoms with Gasteiger partial charge >= 0.3 is 0 Å². The quantitative estimate of drug-likeness (QED) is 0.627. The monoisotopic (exact) mass is 337 g/mol. The molecule has 6 heteroatoms. The van der Waals surface area contributed by atoms with Crippen LogP contribution in [0.15, 0.2) is 29.0 Å². The Balaban J connectivity index is 2.24. The molecule has 20 heavy (non-hydrogen) atoms. The van der Waals surface area contributed by atoms with Gasteiger partial charge in [0.25, 0.3) is 0 Å². The van der Waals surface area contributed by atoms with Crippen LogP contribution < -0.4 is 11.3 Å². The molecule has 0 saturated heterocycles. The minimum absolute atomic E-state index is 0.00378. The number of nitrogens with two attached hydrogens (primary N) is 1. The number of nitrogens with zero attached hydrogens (tertiary/aromatic N) is 3. The van der Waals surface area contributed by atoms with Crippen LogP contribution in [0.1, 0.15) is 36.3 Å². The lowest BCUT2D eigenvalue weighted by molar-refractivity contribution is 0.498. The average molecular weight is 338 g/mol. The Labute approximate surface area is 127 Å². The first kappa shape index (κ1) is 15.2. The molecule has 3 N–H and O–H groups in total. The molecule has 1 unspecified atom stereocenters. The minimum Gasteiger partial charge on any atom is -0.271 e. The van der Waals surface area contributed by atoms with E-state index in [-0.39, 0.29) is 6.04 Å². The fourth-order valence-corrected chi connectivity index (χ4v) is 2.77. The number of rotatable bonds is 6. The molecular weight excluding hydrogens is 318 g/mol. The lowest BCUT2D eigenvalue weighted by Gasteiger charge is -2.18. The van der Waals surface area contributed by atoms with E-state index in [4.69, 9.17) is 5.84 Å². The number of aryl methyl sites for hydroxylation is 2. The van der Waals surface area contributed by atoms with E-state index in [1.54, 1.807) is 6.33 Å². The summed E-state index contributed by atoms with van der Waals surface area (Å²) in [5.41, 5.74) is 5.21. The Hall–Kier alpha value is -1.24. The second kappa shape index (κ2) is 6.97. The van der Waals surface area contributed by atoms with Crippen molar-refractivity contribution in [2.24, 2.45) is 5.84 Å². The summed E-state index contributed by atoms with van der Waals surface area (Å²) in [5, 5.41) is 4.25. The molecule has 1 aromatic carbocycles. The van der Waals surface area contributed by atoms with Crippen molar-refractivity contribution in [3.63, 3.8) is 0 Å². The van der Waals surface area contributed by atoms with E-state index < -0.39 is 0 Å². The number of aromatic nitrogens is 3. The van der Waals surface area contributed by atoms with Crippen molar-refractivity contribution in [3.05, 3.63) is 46.0 Å². The lowest BCUT2D eigenvalue weighted by atomic mass is 10.0. The van der Waals surface area contributed by atoms with Crippen molar-refractivity contribution in [1.82, 2.24) is 20.2 Å². The third-order valence-corrected chi connectivity index (χ3v) is 4.40. The first-order chi connectivity index (χ1) is 9.67. The van der Waals surface area contributed by atoms with Crippen LogP contribution in [-0.2, 0) is 13.0 Å². The highest BCUT2D eigenvalue weighted by Gasteiger charge is 2.17. The molecule has 0 aliphatic rings. The third kappa shape index (κ3) is 3.26. The first-order valence-corrected chi connectivity index (χ1v) is 7.54. The maximum Gasteiger partial charge on any atom is 0.138 e. The molecule has 1 aromatic heterocycles. The van der Waals surface area contributed by atoms with E-state index in [0.717, 1.165) is 28.8 Å². The van der Waals surface area contributed by atoms with Gasteiger partial charge in [-0.15, -0.1) is 0 Å². The summed E-state index contributed by atoms with van der Waals surface area (Å²) in [4.78, 5) is 4.34. The van der Waals surface area contributed by atoms with Crippen LogP contribution in [0, 0.1) is 6.92 Å². The predicted molar refractivity (Wildman–Crippen MR) is 83.0 cm³/mol. The number of nitrogens with one attached hydrogen (secondary N) is 1. The zero-order chi connectivity index (χ0) is 14.5. The molecular formula is C14H20BrN5. The summed E-state index contributed by atoms with van der Waals surface area (Å²) in [6.45, 7) is 5.07. The number of hydrazine groups is 1. The summed E-state index contributed by atoms with van der Waals surface area (Å²) < 4.78 is 3.03. The van der Waals surface area contributed by atoms with Gasteiger partial charge in [0.05, 0.1) is 6.04 Å². The topological polar surface area (TPSA) is 68.8 Å². The molecule has 0 radical (unpaired) electrons. The molecule has 0 aliphatic heterocycles. The van der Waals surface area contributed by atoms with Crippen LogP contribution in [-0.4, -0.2) is 14.8 Å². The molecule has 0 aliphatic carbocycles. The highest BCUT2D eigenvalue weighted by Crippen LogP contribution is 2.28. The number of hydrogen-bond donors (Lipinski definition) is 2. The number of hydrogen-bond acceptors (Lipinski definition) is 4. The highest BCUT2D eigenvalue weighted by molar-refractivity contribution is 9.10. The zero-order valence-electron chi connectivity index (χ0n) is 11.8. The van der Waals surface area contributed by atoms with Crippen LogP contribution in [0.2, 0.25) is 0 Å². The van der Waals surface area contributed by atoms with Gasteiger partial charge in [0, 0.05) is 17.4 Å². The molecule has 5 nitrogen and oxygen atoms in total. The van der Waals surface area contributed by atoms with Crippen LogP contribution in [0.4, 0.5) is 0 Å². The van der Waals surface area contributed by atoms with Gasteiger partial charge in [-0.1, -0.05) is 41.1 Å². The van der Waals surface area contributed by atoms with Gasteiger partial charge in [0.1, 0.15) is 12.2 Å². The number of benzene rings is 1. The van der Waals surface area contributed by atoms with Gasteiger partial charge in [-0.2, -0.15) is 5.10 Å². The Morgan fingerprint density at radius 3 is 2.95 bits per heavy atom. The van der Waals surface area contributed by atoms with Gasteiger partial charge in [-0.05, 0) is 24.5 Å². The standard InChI is InChI=1S/C14H20BrN5/c1-3-7-20-13(17-9-18-20)8-12(19-16)11-6-4-5-10(2)14(11)15/h4-6,9,12,19H,3,7-8,16H2,1-2H3. The lowest BCUT2D eigenvalue weighted by Crippen LogP contribution is -2.31. The fraction of sp³-hybridized carbons (Fsp3) is 0.429. The van der Waals surface area contributed by atoms with Gasteiger partial charge in [-0.25, -0.2) is 4.98 Å². The van der Waals surface area contributed by atoms with E-state index in [9.17, 15) is 0 Å². The maximum absolute atomic E-state index is 5.74. The first-order valence-electron chi connectivity index (χ1n) is 6.75. The smallest absolute Gasteiger partial charge is 0.138 e. The molecule has 0 saturated carbocycles. The Bertz CT molecular complexity index is 566. The molecule has 0 bridgehead atoms. The Kier molecular flexibility index (Phi) is 5.28. The van der Waals surface area contributed by atoms with Gasteiger partial charge in [-0.3, -0.25) is 16.0 Å². The van der Waals surface area contributed by atoms with Crippen molar-refractivity contribution in [3.8, 4) is 0 Å². The van der Waals surface area contributed by atoms with Crippen molar-refractivity contribution in [2.75, 3.05) is 0 Å².